The average Bonchev–Trinajstić information content (AvgIpc) is 3.20. The van der Waals surface area contributed by atoms with Crippen LogP contribution in [0.25, 0.3) is 5.65 Å². The highest BCUT2D eigenvalue weighted by molar-refractivity contribution is 7.80. The molecule has 6 nitrogen and oxygen atoms in total. The Hall–Kier alpha value is -1.94. The second kappa shape index (κ2) is 6.66. The quantitative estimate of drug-likeness (QED) is 0.757. The molecule has 2 aromatic heterocycles. The molecule has 26 heavy (non-hydrogen) atoms. The number of rotatable bonds is 3. The van der Waals surface area contributed by atoms with E-state index in [4.69, 9.17) is 17.0 Å². The van der Waals surface area contributed by atoms with Crippen molar-refractivity contribution in [2.75, 3.05) is 32.9 Å². The van der Waals surface area contributed by atoms with Gasteiger partial charge in [0.1, 0.15) is 12.4 Å². The highest BCUT2D eigenvalue weighted by Crippen LogP contribution is 2.31. The van der Waals surface area contributed by atoms with Gasteiger partial charge in [-0.1, -0.05) is 0 Å². The van der Waals surface area contributed by atoms with E-state index >= 15 is 0 Å². The third kappa shape index (κ3) is 3.35. The Morgan fingerprint density at radius 2 is 2.08 bits per heavy atom. The first-order valence-corrected chi connectivity index (χ1v) is 8.88. The summed E-state index contributed by atoms with van der Waals surface area (Å²) < 4.78 is 45.9. The van der Waals surface area contributed by atoms with Crippen LogP contribution in [0.15, 0.2) is 18.3 Å². The third-order valence-electron chi connectivity index (χ3n) is 4.84. The van der Waals surface area contributed by atoms with Crippen LogP contribution < -0.4 is 0 Å². The van der Waals surface area contributed by atoms with E-state index in [0.29, 0.717) is 36.5 Å². The van der Waals surface area contributed by atoms with Crippen molar-refractivity contribution >= 4 is 23.0 Å². The van der Waals surface area contributed by atoms with Gasteiger partial charge < -0.3 is 9.64 Å². The molecule has 0 saturated carbocycles. The maximum atomic E-state index is 13.0. The molecule has 2 aliphatic heterocycles. The van der Waals surface area contributed by atoms with Crippen molar-refractivity contribution in [3.63, 3.8) is 0 Å². The molecule has 140 valence electrons. The van der Waals surface area contributed by atoms with Crippen LogP contribution in [0.4, 0.5) is 13.2 Å². The highest BCUT2D eigenvalue weighted by Gasteiger charge is 2.32. The number of halogens is 3. The molecule has 0 amide bonds. The molecule has 2 fully saturated rings. The molecule has 1 unspecified atom stereocenters. The summed E-state index contributed by atoms with van der Waals surface area (Å²) in [7, 11) is 0. The van der Waals surface area contributed by atoms with Crippen molar-refractivity contribution in [1.82, 2.24) is 24.4 Å². The SMILES string of the molecule is FC(F)(F)c1ccc2nnc(C3CCCN(CN4CCOC4=S)C3)n2c1. The molecule has 2 aromatic rings. The molecular weight excluding hydrogens is 367 g/mol. The van der Waals surface area contributed by atoms with Crippen molar-refractivity contribution in [3.05, 3.63) is 29.7 Å². The van der Waals surface area contributed by atoms with Crippen LogP contribution >= 0.6 is 12.2 Å². The number of likely N-dealkylation sites (tertiary alicyclic amines) is 1. The first-order chi connectivity index (χ1) is 12.4. The zero-order valence-corrected chi connectivity index (χ0v) is 14.8. The topological polar surface area (TPSA) is 45.9 Å². The first kappa shape index (κ1) is 17.5. The number of aromatic nitrogens is 3. The maximum absolute atomic E-state index is 13.0. The molecule has 2 aliphatic rings. The Morgan fingerprint density at radius 3 is 2.81 bits per heavy atom. The van der Waals surface area contributed by atoms with Crippen LogP contribution in [0.1, 0.15) is 30.1 Å². The minimum atomic E-state index is -4.39. The van der Waals surface area contributed by atoms with E-state index < -0.39 is 11.7 Å². The van der Waals surface area contributed by atoms with E-state index in [1.54, 1.807) is 0 Å². The van der Waals surface area contributed by atoms with Crippen LogP contribution in [0, 0.1) is 0 Å². The van der Waals surface area contributed by atoms with E-state index in [1.165, 1.54) is 10.5 Å². The zero-order valence-electron chi connectivity index (χ0n) is 13.9. The molecular formula is C16H18F3N5OS. The minimum absolute atomic E-state index is 0.0272. The van der Waals surface area contributed by atoms with Gasteiger partial charge in [0.15, 0.2) is 5.65 Å². The smallest absolute Gasteiger partial charge is 0.417 e. The Labute approximate surface area is 153 Å². The number of ether oxygens (including phenoxy) is 1. The van der Waals surface area contributed by atoms with Crippen LogP contribution in [0.5, 0.6) is 0 Å². The number of thiocarbonyl (C=S) groups is 1. The van der Waals surface area contributed by atoms with E-state index in [-0.39, 0.29) is 5.92 Å². The minimum Gasteiger partial charge on any atom is -0.469 e. The monoisotopic (exact) mass is 385 g/mol. The normalized spacial score (nSPS) is 22.2. The van der Waals surface area contributed by atoms with Gasteiger partial charge in [0, 0.05) is 18.7 Å². The Bertz CT molecular complexity index is 824. The Morgan fingerprint density at radius 1 is 1.23 bits per heavy atom. The molecule has 10 heteroatoms. The maximum Gasteiger partial charge on any atom is 0.417 e. The summed E-state index contributed by atoms with van der Waals surface area (Å²) in [6.45, 7) is 3.66. The van der Waals surface area contributed by atoms with Crippen LogP contribution in [-0.4, -0.2) is 62.5 Å². The predicted molar refractivity (Wildman–Crippen MR) is 91.7 cm³/mol. The number of pyridine rings is 1. The summed E-state index contributed by atoms with van der Waals surface area (Å²) in [5, 5.41) is 8.72. The van der Waals surface area contributed by atoms with Gasteiger partial charge >= 0.3 is 6.18 Å². The van der Waals surface area contributed by atoms with Crippen molar-refractivity contribution in [2.45, 2.75) is 24.9 Å². The molecule has 4 heterocycles. The summed E-state index contributed by atoms with van der Waals surface area (Å²) >= 11 is 5.17. The lowest BCUT2D eigenvalue weighted by Crippen LogP contribution is -2.43. The average molecular weight is 385 g/mol. The lowest BCUT2D eigenvalue weighted by atomic mass is 9.97. The summed E-state index contributed by atoms with van der Waals surface area (Å²) in [6.07, 6.45) is -1.48. The number of hydrogen-bond acceptors (Lipinski definition) is 5. The fraction of sp³-hybridized carbons (Fsp3) is 0.562. The molecule has 1 atom stereocenters. The molecule has 0 spiro atoms. The van der Waals surface area contributed by atoms with Crippen molar-refractivity contribution in [3.8, 4) is 0 Å². The zero-order chi connectivity index (χ0) is 18.3. The molecule has 0 aromatic carbocycles. The Kier molecular flexibility index (Phi) is 4.47. The van der Waals surface area contributed by atoms with Crippen molar-refractivity contribution < 1.29 is 17.9 Å². The fourth-order valence-electron chi connectivity index (χ4n) is 3.54. The number of fused-ring (bicyclic) bond motifs is 1. The summed E-state index contributed by atoms with van der Waals surface area (Å²) in [5.74, 6) is 0.607. The second-order valence-electron chi connectivity index (χ2n) is 6.64. The van der Waals surface area contributed by atoms with Gasteiger partial charge in [0.2, 0.25) is 0 Å². The molecule has 0 bridgehead atoms. The molecule has 2 saturated heterocycles. The largest absolute Gasteiger partial charge is 0.469 e. The van der Waals surface area contributed by atoms with Gasteiger partial charge in [0.25, 0.3) is 5.17 Å². The van der Waals surface area contributed by atoms with Gasteiger partial charge in [-0.2, -0.15) is 13.2 Å². The van der Waals surface area contributed by atoms with Crippen LogP contribution in [-0.2, 0) is 10.9 Å². The van der Waals surface area contributed by atoms with Gasteiger partial charge in [-0.05, 0) is 43.7 Å². The van der Waals surface area contributed by atoms with Gasteiger partial charge in [-0.25, -0.2) is 0 Å². The van der Waals surface area contributed by atoms with E-state index in [0.717, 1.165) is 38.2 Å². The van der Waals surface area contributed by atoms with Gasteiger partial charge in [-0.15, -0.1) is 10.2 Å². The number of alkyl halides is 3. The van der Waals surface area contributed by atoms with Gasteiger partial charge in [0.05, 0.1) is 18.8 Å². The number of piperidine rings is 1. The fourth-order valence-corrected chi connectivity index (χ4v) is 3.78. The summed E-state index contributed by atoms with van der Waals surface area (Å²) in [4.78, 5) is 4.24. The molecule has 4 rings (SSSR count). The molecule has 0 N–H and O–H groups in total. The highest BCUT2D eigenvalue weighted by atomic mass is 32.1. The predicted octanol–water partition coefficient (Wildman–Crippen LogP) is 2.50. The first-order valence-electron chi connectivity index (χ1n) is 8.48. The third-order valence-corrected chi connectivity index (χ3v) is 5.22. The summed E-state index contributed by atoms with van der Waals surface area (Å²) in [5.41, 5.74) is -0.266. The molecule has 0 aliphatic carbocycles. The van der Waals surface area contributed by atoms with E-state index in [2.05, 4.69) is 15.1 Å². The van der Waals surface area contributed by atoms with Crippen molar-refractivity contribution in [2.24, 2.45) is 0 Å². The van der Waals surface area contributed by atoms with E-state index in [1.807, 2.05) is 4.90 Å². The van der Waals surface area contributed by atoms with Crippen LogP contribution in [0.3, 0.4) is 0 Å². The molecule has 0 radical (unpaired) electrons. The van der Waals surface area contributed by atoms with Crippen molar-refractivity contribution in [1.29, 1.82) is 0 Å². The Balaban J connectivity index is 1.55. The standard InChI is InChI=1S/C16H18F3N5OS/c17-16(18,19)12-3-4-13-20-21-14(24(13)9-12)11-2-1-5-22(8-11)10-23-6-7-25-15(23)26/h3-4,9,11H,1-2,5-8,10H2. The lowest BCUT2D eigenvalue weighted by Gasteiger charge is -2.34. The van der Waals surface area contributed by atoms with E-state index in [9.17, 15) is 13.2 Å². The lowest BCUT2D eigenvalue weighted by molar-refractivity contribution is -0.137. The number of hydrogen-bond donors (Lipinski definition) is 0. The second-order valence-corrected chi connectivity index (χ2v) is 6.99. The number of nitrogens with zero attached hydrogens (tertiary/aromatic N) is 5. The van der Waals surface area contributed by atoms with Crippen LogP contribution in [0.2, 0.25) is 0 Å². The summed E-state index contributed by atoms with van der Waals surface area (Å²) in [6, 6.07) is 2.40. The van der Waals surface area contributed by atoms with Gasteiger partial charge in [-0.3, -0.25) is 9.30 Å².